The van der Waals surface area contributed by atoms with Gasteiger partial charge in [0.2, 0.25) is 0 Å². The predicted octanol–water partition coefficient (Wildman–Crippen LogP) is 3.55. The molecule has 1 N–H and O–H groups in total. The fourth-order valence-corrected chi connectivity index (χ4v) is 4.04. The second-order valence-electron chi connectivity index (χ2n) is 5.99. The minimum Gasteiger partial charge on any atom is -0.317 e. The van der Waals surface area contributed by atoms with Gasteiger partial charge in [-0.1, -0.05) is 34.5 Å². The molecule has 2 heterocycles. The number of halogens is 1. The lowest BCUT2D eigenvalue weighted by Gasteiger charge is -2.49. The first-order valence-electron chi connectivity index (χ1n) is 7.43. The highest BCUT2D eigenvalue weighted by Gasteiger charge is 2.37. The molecule has 3 heteroatoms. The van der Waals surface area contributed by atoms with Crippen LogP contribution in [0, 0.1) is 0 Å². The van der Waals surface area contributed by atoms with Crippen LogP contribution in [0.1, 0.15) is 37.7 Å². The van der Waals surface area contributed by atoms with E-state index in [1.807, 2.05) is 0 Å². The molecule has 2 fully saturated rings. The summed E-state index contributed by atoms with van der Waals surface area (Å²) in [4.78, 5) is 2.76. The Balaban J connectivity index is 1.71. The molecule has 2 bridgehead atoms. The van der Waals surface area contributed by atoms with Crippen molar-refractivity contribution in [2.45, 2.75) is 56.8 Å². The van der Waals surface area contributed by atoms with E-state index in [9.17, 15) is 0 Å². The summed E-state index contributed by atoms with van der Waals surface area (Å²) < 4.78 is 1.17. The fourth-order valence-electron chi connectivity index (χ4n) is 3.77. The van der Waals surface area contributed by atoms with Gasteiger partial charge >= 0.3 is 0 Å². The molecular formula is C16H23BrN2. The van der Waals surface area contributed by atoms with Gasteiger partial charge in [0.1, 0.15) is 0 Å². The first-order chi connectivity index (χ1) is 9.26. The molecule has 2 saturated heterocycles. The van der Waals surface area contributed by atoms with E-state index in [0.29, 0.717) is 0 Å². The first-order valence-corrected chi connectivity index (χ1v) is 8.23. The average molecular weight is 323 g/mol. The van der Waals surface area contributed by atoms with Crippen LogP contribution in [0.15, 0.2) is 28.7 Å². The molecule has 0 aromatic heterocycles. The van der Waals surface area contributed by atoms with Crippen molar-refractivity contribution in [3.8, 4) is 0 Å². The molecule has 19 heavy (non-hydrogen) atoms. The van der Waals surface area contributed by atoms with Crippen LogP contribution in [0.5, 0.6) is 0 Å². The van der Waals surface area contributed by atoms with Crippen LogP contribution in [0.3, 0.4) is 0 Å². The van der Waals surface area contributed by atoms with Crippen molar-refractivity contribution in [1.29, 1.82) is 0 Å². The molecule has 0 spiro atoms. The summed E-state index contributed by atoms with van der Waals surface area (Å²) in [5.41, 5.74) is 1.45. The van der Waals surface area contributed by atoms with Crippen molar-refractivity contribution in [2.24, 2.45) is 0 Å². The quantitative estimate of drug-likeness (QED) is 0.915. The molecule has 2 aliphatic heterocycles. The molecule has 0 radical (unpaired) electrons. The van der Waals surface area contributed by atoms with Gasteiger partial charge in [0.15, 0.2) is 0 Å². The number of benzene rings is 1. The maximum absolute atomic E-state index is 3.51. The molecule has 2 unspecified atom stereocenters. The number of hydrogen-bond donors (Lipinski definition) is 1. The van der Waals surface area contributed by atoms with E-state index < -0.39 is 0 Å². The number of rotatable bonds is 3. The zero-order chi connectivity index (χ0) is 13.2. The summed E-state index contributed by atoms with van der Waals surface area (Å²) >= 11 is 3.51. The summed E-state index contributed by atoms with van der Waals surface area (Å²) in [7, 11) is 2.12. The summed E-state index contributed by atoms with van der Waals surface area (Å²) in [6.45, 7) is 1.12. The lowest BCUT2D eigenvalue weighted by Crippen LogP contribution is -2.55. The second kappa shape index (κ2) is 5.94. The number of fused-ring (bicyclic) bond motifs is 2. The molecule has 1 aromatic carbocycles. The summed E-state index contributed by atoms with van der Waals surface area (Å²) in [6, 6.07) is 11.1. The Hall–Kier alpha value is -0.380. The van der Waals surface area contributed by atoms with Crippen molar-refractivity contribution in [3.63, 3.8) is 0 Å². The Morgan fingerprint density at radius 3 is 2.37 bits per heavy atom. The van der Waals surface area contributed by atoms with E-state index in [-0.39, 0.29) is 0 Å². The van der Waals surface area contributed by atoms with Crippen LogP contribution in [0.2, 0.25) is 0 Å². The topological polar surface area (TPSA) is 15.3 Å². The molecule has 104 valence electrons. The largest absolute Gasteiger partial charge is 0.317 e. The Morgan fingerprint density at radius 2 is 1.79 bits per heavy atom. The summed E-state index contributed by atoms with van der Waals surface area (Å²) in [5.74, 6) is 0. The van der Waals surface area contributed by atoms with Gasteiger partial charge in [-0.15, -0.1) is 0 Å². The highest BCUT2D eigenvalue weighted by atomic mass is 79.9. The van der Waals surface area contributed by atoms with Crippen LogP contribution in [-0.4, -0.2) is 30.1 Å². The SMILES string of the molecule is CNC1CC2CCCC(C1)N2Cc1ccc(Br)cc1. The zero-order valence-corrected chi connectivity index (χ0v) is 13.2. The maximum atomic E-state index is 3.51. The fraction of sp³-hybridized carbons (Fsp3) is 0.625. The minimum absolute atomic E-state index is 0.733. The van der Waals surface area contributed by atoms with E-state index >= 15 is 0 Å². The molecule has 2 nitrogen and oxygen atoms in total. The molecule has 1 aromatic rings. The van der Waals surface area contributed by atoms with Gasteiger partial charge in [0, 0.05) is 29.1 Å². The molecule has 0 aliphatic carbocycles. The number of hydrogen-bond acceptors (Lipinski definition) is 2. The number of piperidine rings is 2. The van der Waals surface area contributed by atoms with Crippen molar-refractivity contribution < 1.29 is 0 Å². The van der Waals surface area contributed by atoms with E-state index in [1.54, 1.807) is 0 Å². The van der Waals surface area contributed by atoms with E-state index in [2.05, 4.69) is 57.5 Å². The minimum atomic E-state index is 0.733. The standard InChI is InChI=1S/C16H23BrN2/c1-18-14-9-15-3-2-4-16(10-14)19(15)11-12-5-7-13(17)8-6-12/h5-8,14-16,18H,2-4,9-11H2,1H3. The zero-order valence-electron chi connectivity index (χ0n) is 11.6. The van der Waals surface area contributed by atoms with E-state index in [0.717, 1.165) is 24.7 Å². The maximum Gasteiger partial charge on any atom is 0.0239 e. The third-order valence-electron chi connectivity index (χ3n) is 4.81. The Kier molecular flexibility index (Phi) is 4.25. The Morgan fingerprint density at radius 1 is 1.16 bits per heavy atom. The molecule has 2 aliphatic rings. The smallest absolute Gasteiger partial charge is 0.0239 e. The van der Waals surface area contributed by atoms with Crippen LogP contribution in [0.25, 0.3) is 0 Å². The third-order valence-corrected chi connectivity index (χ3v) is 5.34. The van der Waals surface area contributed by atoms with Crippen molar-refractivity contribution in [2.75, 3.05) is 7.05 Å². The van der Waals surface area contributed by atoms with Gasteiger partial charge in [0.05, 0.1) is 0 Å². The highest BCUT2D eigenvalue weighted by Crippen LogP contribution is 2.35. The van der Waals surface area contributed by atoms with Crippen molar-refractivity contribution in [1.82, 2.24) is 10.2 Å². The monoisotopic (exact) mass is 322 g/mol. The highest BCUT2D eigenvalue weighted by molar-refractivity contribution is 9.10. The second-order valence-corrected chi connectivity index (χ2v) is 6.91. The van der Waals surface area contributed by atoms with Gasteiger partial charge in [-0.25, -0.2) is 0 Å². The summed E-state index contributed by atoms with van der Waals surface area (Å²) in [5, 5.41) is 3.49. The van der Waals surface area contributed by atoms with Crippen molar-refractivity contribution >= 4 is 15.9 Å². The lowest BCUT2D eigenvalue weighted by molar-refractivity contribution is 0.0190. The van der Waals surface area contributed by atoms with Gasteiger partial charge < -0.3 is 5.32 Å². The molecule has 3 rings (SSSR count). The van der Waals surface area contributed by atoms with E-state index in [4.69, 9.17) is 0 Å². The molecule has 2 atom stereocenters. The van der Waals surface area contributed by atoms with Gasteiger partial charge in [-0.3, -0.25) is 4.90 Å². The van der Waals surface area contributed by atoms with Crippen LogP contribution in [0.4, 0.5) is 0 Å². The van der Waals surface area contributed by atoms with Gasteiger partial charge in [-0.05, 0) is 50.4 Å². The number of nitrogens with zero attached hydrogens (tertiary/aromatic N) is 1. The lowest BCUT2D eigenvalue weighted by atomic mass is 9.81. The molecule has 0 amide bonds. The predicted molar refractivity (Wildman–Crippen MR) is 83.2 cm³/mol. The van der Waals surface area contributed by atoms with Crippen LogP contribution < -0.4 is 5.32 Å². The first kappa shape index (κ1) is 13.6. The van der Waals surface area contributed by atoms with Crippen molar-refractivity contribution in [3.05, 3.63) is 34.3 Å². The molecular weight excluding hydrogens is 300 g/mol. The Bertz CT molecular complexity index is 403. The normalized spacial score (nSPS) is 31.4. The third kappa shape index (κ3) is 3.04. The van der Waals surface area contributed by atoms with E-state index in [1.165, 1.54) is 42.1 Å². The van der Waals surface area contributed by atoms with Gasteiger partial charge in [0.25, 0.3) is 0 Å². The average Bonchev–Trinajstić information content (AvgIpc) is 2.41. The van der Waals surface area contributed by atoms with Crippen LogP contribution in [-0.2, 0) is 6.54 Å². The number of nitrogens with one attached hydrogen (secondary N) is 1. The van der Waals surface area contributed by atoms with Gasteiger partial charge in [-0.2, -0.15) is 0 Å². The van der Waals surface area contributed by atoms with Crippen LogP contribution >= 0.6 is 15.9 Å². The Labute approximate surface area is 124 Å². The summed E-state index contributed by atoms with van der Waals surface area (Å²) in [6.07, 6.45) is 6.83. The molecule has 0 saturated carbocycles.